The Balaban J connectivity index is 1.82. The third kappa shape index (κ3) is 3.84. The maximum absolute atomic E-state index is 12.5. The zero-order chi connectivity index (χ0) is 16.8. The summed E-state index contributed by atoms with van der Waals surface area (Å²) in [4.78, 5) is 12.5. The van der Waals surface area contributed by atoms with Crippen LogP contribution in [0.4, 0.5) is 5.69 Å². The standard InChI is InChI=1S/C20H20N2O2/c1-24-18-11-7-8-16(14-18)19(22-12-5-6-13-22)15-20(23)21-17-9-3-2-4-10-17/h2-14,19H,15H2,1H3,(H,21,23). The number of carbonyl (C=O) groups is 1. The van der Waals surface area contributed by atoms with E-state index in [-0.39, 0.29) is 11.9 Å². The summed E-state index contributed by atoms with van der Waals surface area (Å²) in [6.45, 7) is 0. The number of para-hydroxylation sites is 1. The normalized spacial score (nSPS) is 11.7. The van der Waals surface area contributed by atoms with Gasteiger partial charge in [0.15, 0.2) is 0 Å². The molecule has 3 rings (SSSR count). The number of hydrogen-bond donors (Lipinski definition) is 1. The molecule has 0 aliphatic carbocycles. The van der Waals surface area contributed by atoms with Crippen LogP contribution in [0.3, 0.4) is 0 Å². The first-order valence-corrected chi connectivity index (χ1v) is 7.87. The molecule has 24 heavy (non-hydrogen) atoms. The van der Waals surface area contributed by atoms with E-state index < -0.39 is 0 Å². The molecule has 0 fully saturated rings. The lowest BCUT2D eigenvalue weighted by Crippen LogP contribution is -2.19. The molecule has 0 bridgehead atoms. The van der Waals surface area contributed by atoms with E-state index in [0.717, 1.165) is 17.0 Å². The molecule has 0 saturated carbocycles. The van der Waals surface area contributed by atoms with E-state index in [1.807, 2.05) is 83.7 Å². The highest BCUT2D eigenvalue weighted by atomic mass is 16.5. The molecule has 0 radical (unpaired) electrons. The molecule has 0 aliphatic rings. The second-order valence-corrected chi connectivity index (χ2v) is 5.54. The lowest BCUT2D eigenvalue weighted by Gasteiger charge is -2.20. The van der Waals surface area contributed by atoms with Crippen LogP contribution >= 0.6 is 0 Å². The molecular weight excluding hydrogens is 300 g/mol. The molecule has 122 valence electrons. The van der Waals surface area contributed by atoms with Crippen molar-refractivity contribution in [3.05, 3.63) is 84.7 Å². The second-order valence-electron chi connectivity index (χ2n) is 5.54. The molecule has 1 amide bonds. The zero-order valence-corrected chi connectivity index (χ0v) is 13.6. The van der Waals surface area contributed by atoms with Gasteiger partial charge in [-0.1, -0.05) is 30.3 Å². The van der Waals surface area contributed by atoms with Crippen molar-refractivity contribution in [3.63, 3.8) is 0 Å². The summed E-state index contributed by atoms with van der Waals surface area (Å²) in [6, 6.07) is 21.2. The largest absolute Gasteiger partial charge is 0.497 e. The molecule has 4 nitrogen and oxygen atoms in total. The van der Waals surface area contributed by atoms with Crippen molar-refractivity contribution in [2.45, 2.75) is 12.5 Å². The summed E-state index contributed by atoms with van der Waals surface area (Å²) in [5, 5.41) is 2.95. The quantitative estimate of drug-likeness (QED) is 0.742. The molecule has 1 unspecified atom stereocenters. The van der Waals surface area contributed by atoms with E-state index in [4.69, 9.17) is 4.74 Å². The van der Waals surface area contributed by atoms with E-state index in [1.165, 1.54) is 0 Å². The minimum absolute atomic E-state index is 0.0253. The van der Waals surface area contributed by atoms with Crippen LogP contribution < -0.4 is 10.1 Å². The van der Waals surface area contributed by atoms with Crippen molar-refractivity contribution < 1.29 is 9.53 Å². The van der Waals surface area contributed by atoms with Crippen LogP contribution in [-0.4, -0.2) is 17.6 Å². The van der Waals surface area contributed by atoms with Crippen LogP contribution in [0.5, 0.6) is 5.75 Å². The lowest BCUT2D eigenvalue weighted by molar-refractivity contribution is -0.116. The Labute approximate surface area is 141 Å². The average molecular weight is 320 g/mol. The molecule has 0 saturated heterocycles. The molecule has 3 aromatic rings. The Morgan fingerprint density at radius 2 is 1.79 bits per heavy atom. The highest BCUT2D eigenvalue weighted by Gasteiger charge is 2.18. The SMILES string of the molecule is COc1cccc(C(CC(=O)Nc2ccccc2)n2cccc2)c1. The van der Waals surface area contributed by atoms with Gasteiger partial charge in [0, 0.05) is 18.1 Å². The summed E-state index contributed by atoms with van der Waals surface area (Å²) in [5.41, 5.74) is 1.84. The minimum Gasteiger partial charge on any atom is -0.497 e. The van der Waals surface area contributed by atoms with Gasteiger partial charge < -0.3 is 14.6 Å². The van der Waals surface area contributed by atoms with Crippen LogP contribution in [0.25, 0.3) is 0 Å². The van der Waals surface area contributed by atoms with Gasteiger partial charge in [0.25, 0.3) is 0 Å². The van der Waals surface area contributed by atoms with E-state index in [1.54, 1.807) is 7.11 Å². The fraction of sp³-hybridized carbons (Fsp3) is 0.150. The van der Waals surface area contributed by atoms with Gasteiger partial charge in [-0.05, 0) is 42.0 Å². The highest BCUT2D eigenvalue weighted by Crippen LogP contribution is 2.26. The zero-order valence-electron chi connectivity index (χ0n) is 13.6. The number of ether oxygens (including phenoxy) is 1. The van der Waals surface area contributed by atoms with Crippen molar-refractivity contribution in [1.82, 2.24) is 4.57 Å². The fourth-order valence-corrected chi connectivity index (χ4v) is 2.71. The number of methoxy groups -OCH3 is 1. The number of amides is 1. The predicted molar refractivity (Wildman–Crippen MR) is 95.3 cm³/mol. The van der Waals surface area contributed by atoms with Gasteiger partial charge in [0.1, 0.15) is 5.75 Å². The Kier molecular flexibility index (Phi) is 4.96. The smallest absolute Gasteiger partial charge is 0.226 e. The molecule has 1 atom stereocenters. The third-order valence-corrected chi connectivity index (χ3v) is 3.90. The van der Waals surface area contributed by atoms with Crippen molar-refractivity contribution in [2.24, 2.45) is 0 Å². The first-order valence-electron chi connectivity index (χ1n) is 7.87. The number of nitrogens with zero attached hydrogens (tertiary/aromatic N) is 1. The number of nitrogens with one attached hydrogen (secondary N) is 1. The second kappa shape index (κ2) is 7.51. The number of carbonyl (C=O) groups excluding carboxylic acids is 1. The van der Waals surface area contributed by atoms with Crippen LogP contribution in [0.15, 0.2) is 79.1 Å². The maximum Gasteiger partial charge on any atom is 0.226 e. The molecule has 0 aliphatic heterocycles. The monoisotopic (exact) mass is 320 g/mol. The fourth-order valence-electron chi connectivity index (χ4n) is 2.71. The topological polar surface area (TPSA) is 43.3 Å². The number of rotatable bonds is 6. The van der Waals surface area contributed by atoms with E-state index in [2.05, 4.69) is 5.32 Å². The van der Waals surface area contributed by atoms with Crippen molar-refractivity contribution in [3.8, 4) is 5.75 Å². The predicted octanol–water partition coefficient (Wildman–Crippen LogP) is 4.11. The number of anilines is 1. The van der Waals surface area contributed by atoms with Gasteiger partial charge in [-0.15, -0.1) is 0 Å². The van der Waals surface area contributed by atoms with Crippen molar-refractivity contribution in [1.29, 1.82) is 0 Å². The van der Waals surface area contributed by atoms with Crippen LogP contribution in [-0.2, 0) is 4.79 Å². The molecular formula is C20H20N2O2. The Morgan fingerprint density at radius 1 is 1.04 bits per heavy atom. The van der Waals surface area contributed by atoms with Crippen molar-refractivity contribution >= 4 is 11.6 Å². The molecule has 4 heteroatoms. The summed E-state index contributed by atoms with van der Waals surface area (Å²) in [7, 11) is 1.64. The lowest BCUT2D eigenvalue weighted by atomic mass is 10.0. The first kappa shape index (κ1) is 15.9. The summed E-state index contributed by atoms with van der Waals surface area (Å²) in [6.07, 6.45) is 4.29. The van der Waals surface area contributed by atoms with Gasteiger partial charge in [0.2, 0.25) is 5.91 Å². The maximum atomic E-state index is 12.5. The van der Waals surface area contributed by atoms with Crippen LogP contribution in [0, 0.1) is 0 Å². The number of hydrogen-bond acceptors (Lipinski definition) is 2. The molecule has 0 spiro atoms. The first-order chi connectivity index (χ1) is 11.8. The number of benzene rings is 2. The Morgan fingerprint density at radius 3 is 2.50 bits per heavy atom. The van der Waals surface area contributed by atoms with Gasteiger partial charge in [-0.25, -0.2) is 0 Å². The summed E-state index contributed by atoms with van der Waals surface area (Å²) < 4.78 is 7.35. The van der Waals surface area contributed by atoms with Gasteiger partial charge in [0.05, 0.1) is 19.6 Å². The van der Waals surface area contributed by atoms with Crippen LogP contribution in [0.2, 0.25) is 0 Å². The third-order valence-electron chi connectivity index (χ3n) is 3.90. The van der Waals surface area contributed by atoms with E-state index in [0.29, 0.717) is 6.42 Å². The summed E-state index contributed by atoms with van der Waals surface area (Å²) in [5.74, 6) is 0.760. The minimum atomic E-state index is -0.0844. The molecule has 1 heterocycles. The number of aromatic nitrogens is 1. The van der Waals surface area contributed by atoms with Gasteiger partial charge in [-0.2, -0.15) is 0 Å². The molecule has 1 N–H and O–H groups in total. The summed E-state index contributed by atoms with van der Waals surface area (Å²) >= 11 is 0. The van der Waals surface area contributed by atoms with Crippen LogP contribution in [0.1, 0.15) is 18.0 Å². The van der Waals surface area contributed by atoms with E-state index in [9.17, 15) is 4.79 Å². The average Bonchev–Trinajstić information content (AvgIpc) is 3.15. The van der Waals surface area contributed by atoms with E-state index >= 15 is 0 Å². The Hall–Kier alpha value is -3.01. The Bertz CT molecular complexity index is 782. The highest BCUT2D eigenvalue weighted by molar-refractivity contribution is 5.91. The van der Waals surface area contributed by atoms with Gasteiger partial charge >= 0.3 is 0 Å². The molecule has 1 aromatic heterocycles. The van der Waals surface area contributed by atoms with Gasteiger partial charge in [-0.3, -0.25) is 4.79 Å². The van der Waals surface area contributed by atoms with Crippen molar-refractivity contribution in [2.75, 3.05) is 12.4 Å². The molecule has 2 aromatic carbocycles.